The van der Waals surface area contributed by atoms with Gasteiger partial charge in [0.1, 0.15) is 12.2 Å². The van der Waals surface area contributed by atoms with Crippen molar-refractivity contribution in [3.8, 4) is 0 Å². The number of benzene rings is 1. The summed E-state index contributed by atoms with van der Waals surface area (Å²) in [5, 5.41) is 15.6. The number of halogens is 1. The number of rotatable bonds is 9. The van der Waals surface area contributed by atoms with Gasteiger partial charge in [0.15, 0.2) is 5.96 Å². The van der Waals surface area contributed by atoms with Gasteiger partial charge in [-0.05, 0) is 24.1 Å². The predicted octanol–water partition coefficient (Wildman–Crippen LogP) is 3.03. The first-order chi connectivity index (χ1) is 12.2. The number of hydrogen-bond acceptors (Lipinski definition) is 3. The fourth-order valence-electron chi connectivity index (χ4n) is 2.40. The maximum Gasteiger partial charge on any atom is 0.191 e. The Labute approximate surface area is 154 Å². The molecular weight excluding hydrogens is 336 g/mol. The van der Waals surface area contributed by atoms with E-state index in [1.54, 1.807) is 6.33 Å². The van der Waals surface area contributed by atoms with Gasteiger partial charge in [-0.2, -0.15) is 0 Å². The monoisotopic (exact) mass is 362 g/mol. The number of unbranched alkanes of at least 4 members (excludes halogenated alkanes) is 1. The molecule has 0 bridgehead atoms. The Morgan fingerprint density at radius 2 is 2.08 bits per heavy atom. The van der Waals surface area contributed by atoms with Gasteiger partial charge >= 0.3 is 0 Å². The maximum absolute atomic E-state index is 6.04. The fraction of sp³-hybridized carbons (Fsp3) is 0.500. The Morgan fingerprint density at radius 1 is 1.24 bits per heavy atom. The highest BCUT2D eigenvalue weighted by molar-refractivity contribution is 6.30. The predicted molar refractivity (Wildman–Crippen MR) is 103 cm³/mol. The molecule has 0 unspecified atom stereocenters. The van der Waals surface area contributed by atoms with E-state index in [1.165, 1.54) is 0 Å². The molecular formula is C18H27ClN6. The molecule has 2 rings (SSSR count). The molecule has 0 radical (unpaired) electrons. The molecule has 6 nitrogen and oxygen atoms in total. The Morgan fingerprint density at radius 3 is 2.84 bits per heavy atom. The van der Waals surface area contributed by atoms with Gasteiger partial charge in [-0.1, -0.05) is 44.0 Å². The minimum atomic E-state index is 0.592. The van der Waals surface area contributed by atoms with Crippen LogP contribution < -0.4 is 10.6 Å². The molecule has 0 aliphatic rings. The first kappa shape index (κ1) is 19.2. The van der Waals surface area contributed by atoms with Gasteiger partial charge in [-0.3, -0.25) is 0 Å². The first-order valence-electron chi connectivity index (χ1n) is 8.86. The van der Waals surface area contributed by atoms with E-state index in [-0.39, 0.29) is 0 Å². The van der Waals surface area contributed by atoms with E-state index in [2.05, 4.69) is 44.2 Å². The second kappa shape index (κ2) is 10.7. The number of nitrogens with one attached hydrogen (secondary N) is 2. The highest BCUT2D eigenvalue weighted by atomic mass is 35.5. The fourth-order valence-corrected chi connectivity index (χ4v) is 2.61. The molecule has 7 heteroatoms. The lowest BCUT2D eigenvalue weighted by atomic mass is 10.2. The van der Waals surface area contributed by atoms with Gasteiger partial charge in [0.2, 0.25) is 0 Å². The second-order valence-corrected chi connectivity index (χ2v) is 6.23. The van der Waals surface area contributed by atoms with Crippen molar-refractivity contribution in [2.75, 3.05) is 13.1 Å². The number of aromatic nitrogens is 3. The standard InChI is InChI=1S/C18H27ClN6/c1-3-5-9-20-18(22-13-15-7-6-8-16(19)12-15)21-10-11-25-14-23-24-17(25)4-2/h6-8,12,14H,3-5,9-11,13H2,1-2H3,(H2,20,21,22). The molecule has 2 aromatic rings. The topological polar surface area (TPSA) is 67.1 Å². The summed E-state index contributed by atoms with van der Waals surface area (Å²) in [5.74, 6) is 1.82. The van der Waals surface area contributed by atoms with E-state index >= 15 is 0 Å². The van der Waals surface area contributed by atoms with Crippen molar-refractivity contribution in [2.24, 2.45) is 4.99 Å². The Hall–Kier alpha value is -2.08. The molecule has 0 saturated carbocycles. The Balaban J connectivity index is 1.91. The molecule has 0 spiro atoms. The third kappa shape index (κ3) is 6.74. The summed E-state index contributed by atoms with van der Waals surface area (Å²) in [4.78, 5) is 4.66. The second-order valence-electron chi connectivity index (χ2n) is 5.80. The zero-order valence-electron chi connectivity index (χ0n) is 15.0. The van der Waals surface area contributed by atoms with Crippen molar-refractivity contribution in [2.45, 2.75) is 46.2 Å². The number of hydrogen-bond donors (Lipinski definition) is 2. The van der Waals surface area contributed by atoms with E-state index in [0.29, 0.717) is 6.54 Å². The Bertz CT molecular complexity index is 667. The van der Waals surface area contributed by atoms with Gasteiger partial charge < -0.3 is 15.2 Å². The highest BCUT2D eigenvalue weighted by Crippen LogP contribution is 2.11. The van der Waals surface area contributed by atoms with Crippen LogP contribution in [0, 0.1) is 0 Å². The normalized spacial score (nSPS) is 11.6. The molecule has 1 aromatic carbocycles. The zero-order chi connectivity index (χ0) is 17.9. The maximum atomic E-state index is 6.04. The summed E-state index contributed by atoms with van der Waals surface area (Å²) in [5.41, 5.74) is 1.09. The van der Waals surface area contributed by atoms with Crippen LogP contribution in [0.1, 0.15) is 38.1 Å². The van der Waals surface area contributed by atoms with Crippen molar-refractivity contribution in [1.29, 1.82) is 0 Å². The van der Waals surface area contributed by atoms with Crippen LogP contribution >= 0.6 is 11.6 Å². The number of guanidine groups is 1. The van der Waals surface area contributed by atoms with Gasteiger partial charge in [-0.15, -0.1) is 10.2 Å². The third-order valence-electron chi connectivity index (χ3n) is 3.79. The lowest BCUT2D eigenvalue weighted by Gasteiger charge is -2.13. The quantitative estimate of drug-likeness (QED) is 0.409. The number of nitrogens with zero attached hydrogens (tertiary/aromatic N) is 4. The van der Waals surface area contributed by atoms with Crippen LogP contribution in [-0.2, 0) is 19.5 Å². The van der Waals surface area contributed by atoms with Crippen LogP contribution in [0.25, 0.3) is 0 Å². The summed E-state index contributed by atoms with van der Waals surface area (Å²) in [6.07, 6.45) is 4.91. The molecule has 0 fully saturated rings. The van der Waals surface area contributed by atoms with Gasteiger partial charge in [0.05, 0.1) is 6.54 Å². The van der Waals surface area contributed by atoms with E-state index in [4.69, 9.17) is 11.6 Å². The molecule has 0 atom stereocenters. The number of aliphatic imine (C=N–C) groups is 1. The molecule has 0 amide bonds. The van der Waals surface area contributed by atoms with Crippen LogP contribution in [-0.4, -0.2) is 33.8 Å². The van der Waals surface area contributed by atoms with Crippen molar-refractivity contribution >= 4 is 17.6 Å². The number of aryl methyl sites for hydroxylation is 1. The van der Waals surface area contributed by atoms with Crippen LogP contribution in [0.3, 0.4) is 0 Å². The van der Waals surface area contributed by atoms with Crippen molar-refractivity contribution < 1.29 is 0 Å². The molecule has 136 valence electrons. The molecule has 25 heavy (non-hydrogen) atoms. The minimum absolute atomic E-state index is 0.592. The lowest BCUT2D eigenvalue weighted by Crippen LogP contribution is -2.39. The van der Waals surface area contributed by atoms with Gasteiger partial charge in [0, 0.05) is 31.1 Å². The first-order valence-corrected chi connectivity index (χ1v) is 9.24. The van der Waals surface area contributed by atoms with Crippen LogP contribution in [0.5, 0.6) is 0 Å². The molecule has 1 heterocycles. The molecule has 0 saturated heterocycles. The summed E-state index contributed by atoms with van der Waals surface area (Å²) in [6, 6.07) is 7.80. The summed E-state index contributed by atoms with van der Waals surface area (Å²) >= 11 is 6.04. The van der Waals surface area contributed by atoms with E-state index in [1.807, 2.05) is 24.3 Å². The van der Waals surface area contributed by atoms with Crippen molar-refractivity contribution in [3.05, 3.63) is 47.0 Å². The third-order valence-corrected chi connectivity index (χ3v) is 4.02. The Kier molecular flexibility index (Phi) is 8.25. The molecule has 0 aliphatic heterocycles. The minimum Gasteiger partial charge on any atom is -0.356 e. The van der Waals surface area contributed by atoms with E-state index < -0.39 is 0 Å². The van der Waals surface area contributed by atoms with Gasteiger partial charge in [-0.25, -0.2) is 4.99 Å². The van der Waals surface area contributed by atoms with Crippen LogP contribution in [0.4, 0.5) is 0 Å². The van der Waals surface area contributed by atoms with E-state index in [0.717, 1.165) is 61.3 Å². The summed E-state index contributed by atoms with van der Waals surface area (Å²) in [6.45, 7) is 7.33. The highest BCUT2D eigenvalue weighted by Gasteiger charge is 2.03. The van der Waals surface area contributed by atoms with E-state index in [9.17, 15) is 0 Å². The lowest BCUT2D eigenvalue weighted by molar-refractivity contribution is 0.628. The largest absolute Gasteiger partial charge is 0.356 e. The van der Waals surface area contributed by atoms with Crippen molar-refractivity contribution in [3.63, 3.8) is 0 Å². The average molecular weight is 363 g/mol. The van der Waals surface area contributed by atoms with Crippen LogP contribution in [0.15, 0.2) is 35.6 Å². The average Bonchev–Trinajstić information content (AvgIpc) is 3.07. The zero-order valence-corrected chi connectivity index (χ0v) is 15.8. The molecule has 1 aromatic heterocycles. The van der Waals surface area contributed by atoms with Gasteiger partial charge in [0.25, 0.3) is 0 Å². The smallest absolute Gasteiger partial charge is 0.191 e. The molecule has 0 aliphatic carbocycles. The molecule has 2 N–H and O–H groups in total. The van der Waals surface area contributed by atoms with Crippen LogP contribution in [0.2, 0.25) is 5.02 Å². The SMILES string of the molecule is CCCCNC(=NCc1cccc(Cl)c1)NCCn1cnnc1CC. The summed E-state index contributed by atoms with van der Waals surface area (Å²) in [7, 11) is 0. The van der Waals surface area contributed by atoms with Crippen molar-refractivity contribution in [1.82, 2.24) is 25.4 Å². The summed E-state index contributed by atoms with van der Waals surface area (Å²) < 4.78 is 2.06.